The molecule has 3 atom stereocenters. The maximum Gasteiger partial charge on any atom is 0.0853 e. The van der Waals surface area contributed by atoms with Gasteiger partial charge >= 0.3 is 0 Å². The highest BCUT2D eigenvalue weighted by Crippen LogP contribution is 2.62. The Morgan fingerprint density at radius 2 is 2.44 bits per heavy atom. The molecule has 1 aliphatic carbocycles. The zero-order chi connectivity index (χ0) is 6.06. The third-order valence-corrected chi connectivity index (χ3v) is 3.43. The summed E-state index contributed by atoms with van der Waals surface area (Å²) in [6.45, 7) is 2.21. The van der Waals surface area contributed by atoms with E-state index in [4.69, 9.17) is 0 Å². The molecule has 0 aromatic carbocycles. The Bertz CT molecular complexity index is 164. The molecule has 0 aromatic heterocycles. The highest BCUT2D eigenvalue weighted by molar-refractivity contribution is 5.26. The summed E-state index contributed by atoms with van der Waals surface area (Å²) in [7, 11) is 0. The van der Waals surface area contributed by atoms with Gasteiger partial charge in [0.05, 0.1) is 11.6 Å². The van der Waals surface area contributed by atoms with Crippen molar-refractivity contribution in [1.82, 2.24) is 4.90 Å². The summed E-state index contributed by atoms with van der Waals surface area (Å²) in [6, 6.07) is 0. The molecule has 3 rings (SSSR count). The van der Waals surface area contributed by atoms with E-state index in [1.165, 1.54) is 19.4 Å². The first-order valence-corrected chi connectivity index (χ1v) is 3.77. The minimum Gasteiger partial charge on any atom is -0.390 e. The van der Waals surface area contributed by atoms with Crippen molar-refractivity contribution in [3.63, 3.8) is 0 Å². The van der Waals surface area contributed by atoms with E-state index < -0.39 is 0 Å². The second-order valence-electron chi connectivity index (χ2n) is 3.64. The Labute approximate surface area is 54.5 Å². The fourth-order valence-corrected chi connectivity index (χ4v) is 2.73. The van der Waals surface area contributed by atoms with E-state index in [1.54, 1.807) is 0 Å². The first kappa shape index (κ1) is 4.69. The summed E-state index contributed by atoms with van der Waals surface area (Å²) < 4.78 is 0. The molecule has 1 saturated carbocycles. The van der Waals surface area contributed by atoms with Gasteiger partial charge in [-0.25, -0.2) is 0 Å². The molecule has 9 heavy (non-hydrogen) atoms. The Balaban J connectivity index is 1.98. The van der Waals surface area contributed by atoms with Gasteiger partial charge in [0.15, 0.2) is 0 Å². The van der Waals surface area contributed by atoms with Crippen LogP contribution in [0.2, 0.25) is 0 Å². The number of hydrogen-bond donors (Lipinski definition) is 1. The van der Waals surface area contributed by atoms with Crippen molar-refractivity contribution in [1.29, 1.82) is 0 Å². The molecule has 0 radical (unpaired) electrons. The van der Waals surface area contributed by atoms with Crippen LogP contribution in [-0.2, 0) is 0 Å². The van der Waals surface area contributed by atoms with Gasteiger partial charge < -0.3 is 5.11 Å². The number of nitrogens with zero attached hydrogens (tertiary/aromatic N) is 1. The molecule has 2 heteroatoms. The molecule has 1 N–H and O–H groups in total. The number of aliphatic hydroxyl groups is 1. The van der Waals surface area contributed by atoms with Crippen molar-refractivity contribution < 1.29 is 5.11 Å². The molecule has 2 aliphatic heterocycles. The largest absolute Gasteiger partial charge is 0.390 e. The van der Waals surface area contributed by atoms with Crippen molar-refractivity contribution in [3.05, 3.63) is 0 Å². The molecular weight excluding hydrogens is 114 g/mol. The Hall–Kier alpha value is -0.0800. The lowest BCUT2D eigenvalue weighted by Crippen LogP contribution is -2.60. The summed E-state index contributed by atoms with van der Waals surface area (Å²) in [6.07, 6.45) is 2.66. The molecule has 0 aromatic rings. The van der Waals surface area contributed by atoms with Crippen LogP contribution < -0.4 is 0 Å². The normalized spacial score (nSPS) is 62.3. The Morgan fingerprint density at radius 1 is 1.56 bits per heavy atom. The molecule has 3 aliphatic rings. The average Bonchev–Trinajstić information content (AvgIpc) is 2.52. The van der Waals surface area contributed by atoms with Gasteiger partial charge in [-0.2, -0.15) is 0 Å². The van der Waals surface area contributed by atoms with Gasteiger partial charge in [0.25, 0.3) is 0 Å². The van der Waals surface area contributed by atoms with Gasteiger partial charge in [-0.3, -0.25) is 4.90 Å². The SMILES string of the molecule is O[C@H]1CN2CCC3CC312. The summed E-state index contributed by atoms with van der Waals surface area (Å²) in [5.74, 6) is 0.876. The second kappa shape index (κ2) is 1.06. The van der Waals surface area contributed by atoms with E-state index in [0.717, 1.165) is 12.5 Å². The van der Waals surface area contributed by atoms with Gasteiger partial charge in [0.2, 0.25) is 0 Å². The van der Waals surface area contributed by atoms with Gasteiger partial charge in [-0.1, -0.05) is 0 Å². The monoisotopic (exact) mass is 125 g/mol. The maximum atomic E-state index is 9.38. The Morgan fingerprint density at radius 3 is 2.89 bits per heavy atom. The molecule has 3 fully saturated rings. The molecule has 2 nitrogen and oxygen atoms in total. The van der Waals surface area contributed by atoms with Crippen LogP contribution in [0.4, 0.5) is 0 Å². The molecule has 50 valence electrons. The predicted octanol–water partition coefficient (Wildman–Crippen LogP) is -0.175. The Kier molecular flexibility index (Phi) is 0.552. The standard InChI is InChI=1S/C7H11NO/c9-6-4-8-2-1-5-3-7(5,6)8/h5-6,9H,1-4H2/t5?,6-,7?/m0/s1. The quantitative estimate of drug-likeness (QED) is 0.485. The highest BCUT2D eigenvalue weighted by Gasteiger charge is 2.71. The smallest absolute Gasteiger partial charge is 0.0853 e. The topological polar surface area (TPSA) is 23.5 Å². The van der Waals surface area contributed by atoms with Crippen molar-refractivity contribution in [3.8, 4) is 0 Å². The van der Waals surface area contributed by atoms with E-state index in [-0.39, 0.29) is 6.10 Å². The van der Waals surface area contributed by atoms with Crippen LogP contribution in [0.1, 0.15) is 12.8 Å². The number of piperidine rings is 1. The molecular formula is C7H11NO. The average molecular weight is 125 g/mol. The fourth-order valence-electron chi connectivity index (χ4n) is 2.73. The summed E-state index contributed by atoms with van der Waals surface area (Å²) in [4.78, 5) is 2.45. The van der Waals surface area contributed by atoms with Crippen LogP contribution in [0.25, 0.3) is 0 Å². The molecule has 1 spiro atoms. The van der Waals surface area contributed by atoms with Crippen LogP contribution in [0, 0.1) is 5.92 Å². The summed E-state index contributed by atoms with van der Waals surface area (Å²) in [5.41, 5.74) is 0.347. The van der Waals surface area contributed by atoms with Gasteiger partial charge in [0.1, 0.15) is 0 Å². The van der Waals surface area contributed by atoms with Gasteiger partial charge in [-0.05, 0) is 25.3 Å². The van der Waals surface area contributed by atoms with E-state index in [0.29, 0.717) is 5.54 Å². The van der Waals surface area contributed by atoms with E-state index in [9.17, 15) is 5.11 Å². The van der Waals surface area contributed by atoms with Gasteiger partial charge in [0, 0.05) is 6.54 Å². The van der Waals surface area contributed by atoms with Crippen molar-refractivity contribution in [2.45, 2.75) is 24.5 Å². The van der Waals surface area contributed by atoms with Crippen LogP contribution in [0.5, 0.6) is 0 Å². The first-order valence-electron chi connectivity index (χ1n) is 3.77. The lowest BCUT2D eigenvalue weighted by atomic mass is 9.98. The minimum absolute atomic E-state index is 0.0324. The number of aliphatic hydroxyl groups excluding tert-OH is 1. The third-order valence-electron chi connectivity index (χ3n) is 3.43. The van der Waals surface area contributed by atoms with Crippen molar-refractivity contribution in [2.75, 3.05) is 13.1 Å². The predicted molar refractivity (Wildman–Crippen MR) is 33.0 cm³/mol. The molecule has 2 unspecified atom stereocenters. The van der Waals surface area contributed by atoms with Crippen molar-refractivity contribution in [2.24, 2.45) is 5.92 Å². The van der Waals surface area contributed by atoms with Gasteiger partial charge in [-0.15, -0.1) is 0 Å². The first-order chi connectivity index (χ1) is 4.34. The van der Waals surface area contributed by atoms with E-state index in [1.807, 2.05) is 0 Å². The van der Waals surface area contributed by atoms with Crippen LogP contribution >= 0.6 is 0 Å². The lowest BCUT2D eigenvalue weighted by Gasteiger charge is -2.43. The third kappa shape index (κ3) is 0.310. The van der Waals surface area contributed by atoms with Crippen LogP contribution in [0.15, 0.2) is 0 Å². The summed E-state index contributed by atoms with van der Waals surface area (Å²) in [5, 5.41) is 9.38. The van der Waals surface area contributed by atoms with E-state index >= 15 is 0 Å². The van der Waals surface area contributed by atoms with Crippen molar-refractivity contribution >= 4 is 0 Å². The highest BCUT2D eigenvalue weighted by atomic mass is 16.3. The zero-order valence-corrected chi connectivity index (χ0v) is 5.38. The fraction of sp³-hybridized carbons (Fsp3) is 1.00. The molecule has 0 bridgehead atoms. The molecule has 0 amide bonds. The number of rotatable bonds is 0. The lowest BCUT2D eigenvalue weighted by molar-refractivity contribution is -0.0649. The number of hydrogen-bond acceptors (Lipinski definition) is 2. The minimum atomic E-state index is 0.0324. The zero-order valence-electron chi connectivity index (χ0n) is 5.38. The van der Waals surface area contributed by atoms with Crippen LogP contribution in [0.3, 0.4) is 0 Å². The maximum absolute atomic E-state index is 9.38. The summed E-state index contributed by atoms with van der Waals surface area (Å²) >= 11 is 0. The molecule has 2 heterocycles. The van der Waals surface area contributed by atoms with E-state index in [2.05, 4.69) is 4.90 Å². The van der Waals surface area contributed by atoms with Crippen LogP contribution in [-0.4, -0.2) is 34.7 Å². The second-order valence-corrected chi connectivity index (χ2v) is 3.64. The molecule has 2 saturated heterocycles.